The van der Waals surface area contributed by atoms with Crippen molar-refractivity contribution in [2.45, 2.75) is 40.0 Å². The summed E-state index contributed by atoms with van der Waals surface area (Å²) in [6.45, 7) is 18.3. The van der Waals surface area contributed by atoms with Crippen molar-refractivity contribution in [2.24, 2.45) is 16.8 Å². The number of hydrogen-bond donors (Lipinski definition) is 2. The average Bonchev–Trinajstić information content (AvgIpc) is 3.47. The molecule has 2 N–H and O–H groups in total. The van der Waals surface area contributed by atoms with Crippen LogP contribution in [0.15, 0.2) is 4.99 Å². The summed E-state index contributed by atoms with van der Waals surface area (Å²) in [4.78, 5) is 9.90. The van der Waals surface area contributed by atoms with Crippen LogP contribution in [0.2, 0.25) is 0 Å². The normalized spacial score (nSPS) is 20.2. The van der Waals surface area contributed by atoms with Crippen molar-refractivity contribution >= 4 is 29.9 Å². The molecule has 0 spiro atoms. The molecule has 0 bridgehead atoms. The van der Waals surface area contributed by atoms with Crippen LogP contribution in [0.4, 0.5) is 0 Å². The summed E-state index contributed by atoms with van der Waals surface area (Å²) < 4.78 is 5.69. The highest BCUT2D eigenvalue weighted by molar-refractivity contribution is 14.0. The lowest BCUT2D eigenvalue weighted by Gasteiger charge is -2.35. The molecule has 0 radical (unpaired) electrons. The summed E-state index contributed by atoms with van der Waals surface area (Å²) in [7, 11) is 0. The molecule has 6 nitrogen and oxygen atoms in total. The molecular weight excluding hydrogens is 453 g/mol. The first-order chi connectivity index (χ1) is 12.7. The van der Waals surface area contributed by atoms with E-state index in [1.165, 1.54) is 45.6 Å². The van der Waals surface area contributed by atoms with Crippen LogP contribution in [0.25, 0.3) is 0 Å². The number of halogens is 1. The number of guanidine groups is 1. The number of piperazine rings is 1. The van der Waals surface area contributed by atoms with Gasteiger partial charge in [-0.1, -0.05) is 13.8 Å². The second kappa shape index (κ2) is 14.8. The Bertz CT molecular complexity index is 398. The molecule has 2 aliphatic rings. The van der Waals surface area contributed by atoms with Crippen LogP contribution >= 0.6 is 24.0 Å². The zero-order valence-electron chi connectivity index (χ0n) is 17.7. The molecule has 1 aliphatic heterocycles. The van der Waals surface area contributed by atoms with Gasteiger partial charge in [0.1, 0.15) is 0 Å². The predicted octanol–water partition coefficient (Wildman–Crippen LogP) is 2.25. The first kappa shape index (κ1) is 24.9. The Morgan fingerprint density at radius 3 is 2.44 bits per heavy atom. The smallest absolute Gasteiger partial charge is 0.191 e. The van der Waals surface area contributed by atoms with E-state index in [0.717, 1.165) is 57.7 Å². The van der Waals surface area contributed by atoms with Gasteiger partial charge in [-0.3, -0.25) is 4.99 Å². The molecule has 1 aliphatic carbocycles. The average molecular weight is 495 g/mol. The third-order valence-electron chi connectivity index (χ3n) is 5.20. The molecule has 1 saturated heterocycles. The fourth-order valence-electron chi connectivity index (χ4n) is 3.29. The first-order valence-electron chi connectivity index (χ1n) is 10.8. The van der Waals surface area contributed by atoms with Crippen molar-refractivity contribution in [1.29, 1.82) is 0 Å². The first-order valence-corrected chi connectivity index (χ1v) is 10.8. The van der Waals surface area contributed by atoms with E-state index in [-0.39, 0.29) is 24.0 Å². The van der Waals surface area contributed by atoms with Gasteiger partial charge in [0.05, 0.1) is 0 Å². The van der Waals surface area contributed by atoms with Crippen molar-refractivity contribution in [3.8, 4) is 0 Å². The maximum atomic E-state index is 5.69. The predicted molar refractivity (Wildman–Crippen MR) is 125 cm³/mol. The fourth-order valence-corrected chi connectivity index (χ4v) is 3.29. The maximum Gasteiger partial charge on any atom is 0.191 e. The van der Waals surface area contributed by atoms with Crippen molar-refractivity contribution in [1.82, 2.24) is 20.4 Å². The SMILES string of the molecule is CCNC(=NCC(C)CN1CCN(CC)CC1)NCCCOCC1CC1.I. The highest BCUT2D eigenvalue weighted by atomic mass is 127. The molecule has 2 rings (SSSR count). The Morgan fingerprint density at radius 2 is 1.81 bits per heavy atom. The Hall–Kier alpha value is -0.120. The van der Waals surface area contributed by atoms with Crippen molar-refractivity contribution in [3.05, 3.63) is 0 Å². The van der Waals surface area contributed by atoms with Crippen LogP contribution in [0, 0.1) is 11.8 Å². The minimum absolute atomic E-state index is 0. The van der Waals surface area contributed by atoms with Gasteiger partial charge in [0.2, 0.25) is 0 Å². The summed E-state index contributed by atoms with van der Waals surface area (Å²) in [5.74, 6) is 2.38. The van der Waals surface area contributed by atoms with Gasteiger partial charge in [-0.2, -0.15) is 0 Å². The van der Waals surface area contributed by atoms with E-state index < -0.39 is 0 Å². The summed E-state index contributed by atoms with van der Waals surface area (Å²) in [6.07, 6.45) is 3.76. The lowest BCUT2D eigenvalue weighted by atomic mass is 10.1. The molecular formula is C20H42IN5O. The highest BCUT2D eigenvalue weighted by Gasteiger charge is 2.20. The van der Waals surface area contributed by atoms with Crippen molar-refractivity contribution in [2.75, 3.05) is 72.1 Å². The number of aliphatic imine (C=N–C) groups is 1. The van der Waals surface area contributed by atoms with Gasteiger partial charge < -0.3 is 25.2 Å². The van der Waals surface area contributed by atoms with E-state index in [9.17, 15) is 0 Å². The van der Waals surface area contributed by atoms with E-state index in [4.69, 9.17) is 9.73 Å². The second-order valence-electron chi connectivity index (χ2n) is 7.86. The monoisotopic (exact) mass is 495 g/mol. The highest BCUT2D eigenvalue weighted by Crippen LogP contribution is 2.28. The Morgan fingerprint density at radius 1 is 1.11 bits per heavy atom. The van der Waals surface area contributed by atoms with E-state index >= 15 is 0 Å². The van der Waals surface area contributed by atoms with Gasteiger partial charge in [-0.25, -0.2) is 0 Å². The number of ether oxygens (including phenoxy) is 1. The lowest BCUT2D eigenvalue weighted by Crippen LogP contribution is -2.47. The largest absolute Gasteiger partial charge is 0.381 e. The number of rotatable bonds is 12. The van der Waals surface area contributed by atoms with Gasteiger partial charge in [0, 0.05) is 65.6 Å². The molecule has 1 atom stereocenters. The van der Waals surface area contributed by atoms with Crippen LogP contribution in [0.3, 0.4) is 0 Å². The van der Waals surface area contributed by atoms with Crippen LogP contribution in [0.1, 0.15) is 40.0 Å². The number of hydrogen-bond acceptors (Lipinski definition) is 4. The van der Waals surface area contributed by atoms with Gasteiger partial charge in [-0.05, 0) is 44.6 Å². The van der Waals surface area contributed by atoms with E-state index in [1.54, 1.807) is 0 Å². The summed E-state index contributed by atoms with van der Waals surface area (Å²) in [5, 5.41) is 6.79. The molecule has 2 fully saturated rings. The number of likely N-dealkylation sites (N-methyl/N-ethyl adjacent to an activating group) is 1. The Kier molecular flexibility index (Phi) is 13.7. The standard InChI is InChI=1S/C20H41N5O.HI/c1-4-21-20(22-9-6-14-26-17-19-7-8-19)23-15-18(3)16-25-12-10-24(5-2)11-13-25;/h18-19H,4-17H2,1-3H3,(H2,21,22,23);1H. The van der Waals surface area contributed by atoms with Crippen LogP contribution < -0.4 is 10.6 Å². The van der Waals surface area contributed by atoms with Gasteiger partial charge >= 0.3 is 0 Å². The number of nitrogens with zero attached hydrogens (tertiary/aromatic N) is 3. The van der Waals surface area contributed by atoms with Crippen LogP contribution in [0.5, 0.6) is 0 Å². The molecule has 27 heavy (non-hydrogen) atoms. The van der Waals surface area contributed by atoms with E-state index in [0.29, 0.717) is 5.92 Å². The second-order valence-corrected chi connectivity index (χ2v) is 7.86. The molecule has 0 amide bonds. The fraction of sp³-hybridized carbons (Fsp3) is 0.950. The Balaban J connectivity index is 0.00000364. The molecule has 0 aromatic rings. The lowest BCUT2D eigenvalue weighted by molar-refractivity contribution is 0.123. The van der Waals surface area contributed by atoms with Crippen molar-refractivity contribution in [3.63, 3.8) is 0 Å². The van der Waals surface area contributed by atoms with Crippen molar-refractivity contribution < 1.29 is 4.74 Å². The van der Waals surface area contributed by atoms with Gasteiger partial charge in [0.15, 0.2) is 5.96 Å². The number of nitrogens with one attached hydrogen (secondary N) is 2. The molecule has 160 valence electrons. The molecule has 1 saturated carbocycles. The molecule has 7 heteroatoms. The van der Waals surface area contributed by atoms with Gasteiger partial charge in [-0.15, -0.1) is 24.0 Å². The zero-order chi connectivity index (χ0) is 18.6. The maximum absolute atomic E-state index is 5.69. The molecule has 1 unspecified atom stereocenters. The molecule has 0 aromatic heterocycles. The van der Waals surface area contributed by atoms with E-state index in [1.807, 2.05) is 0 Å². The quantitative estimate of drug-likeness (QED) is 0.188. The molecule has 0 aromatic carbocycles. The zero-order valence-corrected chi connectivity index (χ0v) is 20.0. The summed E-state index contributed by atoms with van der Waals surface area (Å²) in [5.41, 5.74) is 0. The van der Waals surface area contributed by atoms with Gasteiger partial charge in [0.25, 0.3) is 0 Å². The minimum Gasteiger partial charge on any atom is -0.381 e. The summed E-state index contributed by atoms with van der Waals surface area (Å²) >= 11 is 0. The Labute approximate surface area is 183 Å². The molecule has 1 heterocycles. The van der Waals surface area contributed by atoms with E-state index in [2.05, 4.69) is 41.2 Å². The van der Waals surface area contributed by atoms with Crippen LogP contribution in [-0.2, 0) is 4.74 Å². The minimum atomic E-state index is 0. The van der Waals surface area contributed by atoms with Crippen LogP contribution in [-0.4, -0.2) is 87.9 Å². The third-order valence-corrected chi connectivity index (χ3v) is 5.20. The summed E-state index contributed by atoms with van der Waals surface area (Å²) in [6, 6.07) is 0. The third kappa shape index (κ3) is 11.5. The topological polar surface area (TPSA) is 52.1 Å².